The van der Waals surface area contributed by atoms with Crippen LogP contribution in [-0.2, 0) is 0 Å². The average molecular weight is 714 g/mol. The van der Waals surface area contributed by atoms with Crippen LogP contribution in [-0.4, -0.2) is 24.9 Å². The van der Waals surface area contributed by atoms with Gasteiger partial charge in [-0.1, -0.05) is 152 Å². The van der Waals surface area contributed by atoms with Crippen LogP contribution in [0.5, 0.6) is 0 Å². The molecule has 0 saturated carbocycles. The maximum absolute atomic E-state index is 5.58. The molecule has 0 aliphatic carbocycles. The maximum atomic E-state index is 5.58. The van der Waals surface area contributed by atoms with Crippen molar-refractivity contribution >= 4 is 54.5 Å². The van der Waals surface area contributed by atoms with E-state index in [0.717, 1.165) is 111 Å². The lowest BCUT2D eigenvalue weighted by Gasteiger charge is -2.18. The Bertz CT molecular complexity index is 3290. The van der Waals surface area contributed by atoms with E-state index in [1.165, 1.54) is 0 Å². The molecule has 4 aromatic heterocycles. The normalized spacial score (nSPS) is 11.6. The number of benzene rings is 7. The second-order valence-electron chi connectivity index (χ2n) is 14.0. The van der Waals surface area contributed by atoms with Gasteiger partial charge in [0.2, 0.25) is 0 Å². The third-order valence-corrected chi connectivity index (χ3v) is 10.6. The van der Waals surface area contributed by atoms with Gasteiger partial charge in [-0.3, -0.25) is 4.98 Å². The number of nitrogens with zero attached hydrogens (tertiary/aromatic N) is 5. The second kappa shape index (κ2) is 13.0. The van der Waals surface area contributed by atoms with E-state index >= 15 is 0 Å². The highest BCUT2D eigenvalue weighted by atomic mass is 14.8. The Morgan fingerprint density at radius 3 is 1.66 bits per heavy atom. The molecule has 11 aromatic rings. The van der Waals surface area contributed by atoms with Gasteiger partial charge in [-0.05, 0) is 41.5 Å². The zero-order valence-electron chi connectivity index (χ0n) is 30.1. The molecule has 0 N–H and O–H groups in total. The summed E-state index contributed by atoms with van der Waals surface area (Å²) in [6, 6.07) is 63.0. The Morgan fingerprint density at radius 1 is 0.321 bits per heavy atom. The molecule has 7 aromatic carbocycles. The summed E-state index contributed by atoms with van der Waals surface area (Å²) in [6.45, 7) is 0. The molecule has 0 aliphatic rings. The highest BCUT2D eigenvalue weighted by Crippen LogP contribution is 2.44. The first-order chi connectivity index (χ1) is 27.8. The van der Waals surface area contributed by atoms with Crippen LogP contribution in [0.2, 0.25) is 0 Å². The standard InChI is InChI=1S/C51H31N5/c1-4-14-32(15-5-1)46-45-44(39-23-10-11-24-42(39)54-46)40(31-43-51(45)56-50(34-18-8-3-9-19-34)49(55-43)33-16-6-2-7-17-33)37-20-12-21-38(30-37)41-28-27-36-26-25-35-22-13-29-52-47(35)48(36)53-41/h1-31H. The summed E-state index contributed by atoms with van der Waals surface area (Å²) in [5, 5.41) is 5.25. The molecule has 0 atom stereocenters. The van der Waals surface area contributed by atoms with E-state index in [1.807, 2.05) is 30.5 Å². The number of fused-ring (bicyclic) bond motifs is 8. The summed E-state index contributed by atoms with van der Waals surface area (Å²) in [4.78, 5) is 26.4. The first-order valence-corrected chi connectivity index (χ1v) is 18.8. The van der Waals surface area contributed by atoms with Crippen LogP contribution >= 0.6 is 0 Å². The fourth-order valence-corrected chi connectivity index (χ4v) is 8.02. The number of pyridine rings is 3. The topological polar surface area (TPSA) is 64.5 Å². The van der Waals surface area contributed by atoms with Gasteiger partial charge >= 0.3 is 0 Å². The van der Waals surface area contributed by atoms with Gasteiger partial charge in [-0.25, -0.2) is 19.9 Å². The Hall–Kier alpha value is -7.63. The quantitative estimate of drug-likeness (QED) is 0.166. The van der Waals surface area contributed by atoms with Crippen molar-refractivity contribution in [1.29, 1.82) is 0 Å². The lowest BCUT2D eigenvalue weighted by molar-refractivity contribution is 1.30. The predicted molar refractivity (Wildman–Crippen MR) is 230 cm³/mol. The Labute approximate surface area is 322 Å². The van der Waals surface area contributed by atoms with E-state index in [9.17, 15) is 0 Å². The lowest BCUT2D eigenvalue weighted by Crippen LogP contribution is -2.00. The van der Waals surface area contributed by atoms with E-state index in [0.29, 0.717) is 0 Å². The summed E-state index contributed by atoms with van der Waals surface area (Å²) in [7, 11) is 0. The van der Waals surface area contributed by atoms with Gasteiger partial charge in [0, 0.05) is 55.4 Å². The van der Waals surface area contributed by atoms with Gasteiger partial charge in [0.15, 0.2) is 0 Å². The Balaban J connectivity index is 1.25. The largest absolute Gasteiger partial charge is 0.254 e. The summed E-state index contributed by atoms with van der Waals surface area (Å²) >= 11 is 0. The summed E-state index contributed by atoms with van der Waals surface area (Å²) in [5.74, 6) is 0. The molecule has 0 spiro atoms. The van der Waals surface area contributed by atoms with Gasteiger partial charge in [0.05, 0.1) is 50.4 Å². The second-order valence-corrected chi connectivity index (χ2v) is 14.0. The van der Waals surface area contributed by atoms with Crippen molar-refractivity contribution in [3.05, 3.63) is 188 Å². The molecule has 0 bridgehead atoms. The fourth-order valence-electron chi connectivity index (χ4n) is 8.02. The van der Waals surface area contributed by atoms with Crippen LogP contribution in [0.25, 0.3) is 111 Å². The molecule has 0 saturated heterocycles. The first-order valence-electron chi connectivity index (χ1n) is 18.8. The van der Waals surface area contributed by atoms with E-state index in [2.05, 4.69) is 158 Å². The smallest absolute Gasteiger partial charge is 0.0995 e. The van der Waals surface area contributed by atoms with Gasteiger partial charge in [-0.2, -0.15) is 0 Å². The molecule has 0 aliphatic heterocycles. The van der Waals surface area contributed by atoms with Crippen molar-refractivity contribution in [2.24, 2.45) is 0 Å². The van der Waals surface area contributed by atoms with Gasteiger partial charge in [0.1, 0.15) is 0 Å². The maximum Gasteiger partial charge on any atom is 0.0995 e. The van der Waals surface area contributed by atoms with Crippen molar-refractivity contribution in [1.82, 2.24) is 24.9 Å². The van der Waals surface area contributed by atoms with Gasteiger partial charge < -0.3 is 0 Å². The molecule has 0 radical (unpaired) electrons. The van der Waals surface area contributed by atoms with Crippen LogP contribution in [0.15, 0.2) is 188 Å². The highest BCUT2D eigenvalue weighted by Gasteiger charge is 2.22. The highest BCUT2D eigenvalue weighted by molar-refractivity contribution is 6.25. The predicted octanol–water partition coefficient (Wildman–Crippen LogP) is 12.8. The first kappa shape index (κ1) is 31.9. The zero-order valence-corrected chi connectivity index (χ0v) is 30.1. The van der Waals surface area contributed by atoms with Gasteiger partial charge in [-0.15, -0.1) is 0 Å². The van der Waals surface area contributed by atoms with Crippen molar-refractivity contribution in [2.45, 2.75) is 0 Å². The molecular weight excluding hydrogens is 683 g/mol. The van der Waals surface area contributed by atoms with E-state index in [1.54, 1.807) is 0 Å². The van der Waals surface area contributed by atoms with E-state index in [-0.39, 0.29) is 0 Å². The molecule has 4 heterocycles. The summed E-state index contributed by atoms with van der Waals surface area (Å²) < 4.78 is 0. The molecule has 260 valence electrons. The number of aromatic nitrogens is 5. The minimum Gasteiger partial charge on any atom is -0.254 e. The van der Waals surface area contributed by atoms with Crippen LogP contribution in [0.1, 0.15) is 0 Å². The lowest BCUT2D eigenvalue weighted by atomic mass is 9.90. The monoisotopic (exact) mass is 713 g/mol. The minimum absolute atomic E-state index is 0.798. The summed E-state index contributed by atoms with van der Waals surface area (Å²) in [6.07, 6.45) is 1.83. The van der Waals surface area contributed by atoms with E-state index in [4.69, 9.17) is 24.9 Å². The van der Waals surface area contributed by atoms with E-state index < -0.39 is 0 Å². The van der Waals surface area contributed by atoms with Crippen molar-refractivity contribution in [2.75, 3.05) is 0 Å². The van der Waals surface area contributed by atoms with Crippen LogP contribution < -0.4 is 0 Å². The molecule has 11 rings (SSSR count). The van der Waals surface area contributed by atoms with Crippen molar-refractivity contribution in [3.8, 4) is 56.2 Å². The molecule has 0 unspecified atom stereocenters. The van der Waals surface area contributed by atoms with Crippen molar-refractivity contribution < 1.29 is 0 Å². The third-order valence-electron chi connectivity index (χ3n) is 10.6. The van der Waals surface area contributed by atoms with Gasteiger partial charge in [0.25, 0.3) is 0 Å². The number of rotatable bonds is 5. The molecular formula is C51H31N5. The molecule has 0 fully saturated rings. The molecule has 56 heavy (non-hydrogen) atoms. The molecule has 0 amide bonds. The molecule has 5 nitrogen and oxygen atoms in total. The summed E-state index contributed by atoms with van der Waals surface area (Å²) in [5.41, 5.74) is 13.9. The third kappa shape index (κ3) is 5.29. The Morgan fingerprint density at radius 2 is 0.911 bits per heavy atom. The Kier molecular flexibility index (Phi) is 7.42. The number of hydrogen-bond donors (Lipinski definition) is 0. The minimum atomic E-state index is 0.798. The number of para-hydroxylation sites is 1. The SMILES string of the molecule is c1ccc(-c2nc3cc(-c4cccc(-c5ccc6ccc7cccnc7c6n5)c4)c4c5ccccc5nc(-c5ccccc5)c4c3nc2-c2ccccc2)cc1. The zero-order chi connectivity index (χ0) is 37.0. The fraction of sp³-hybridized carbons (Fsp3) is 0. The number of hydrogen-bond acceptors (Lipinski definition) is 5. The average Bonchev–Trinajstić information content (AvgIpc) is 3.28. The van der Waals surface area contributed by atoms with Crippen LogP contribution in [0, 0.1) is 0 Å². The van der Waals surface area contributed by atoms with Crippen LogP contribution in [0.4, 0.5) is 0 Å². The van der Waals surface area contributed by atoms with Crippen molar-refractivity contribution in [3.63, 3.8) is 0 Å². The molecule has 5 heteroatoms. The van der Waals surface area contributed by atoms with Crippen LogP contribution in [0.3, 0.4) is 0 Å².